The molecule has 3 aromatic rings. The van der Waals surface area contributed by atoms with E-state index in [4.69, 9.17) is 0 Å². The first kappa shape index (κ1) is 21.6. The van der Waals surface area contributed by atoms with Crippen LogP contribution >= 0.6 is 11.8 Å². The monoisotopic (exact) mass is 433 g/mol. The van der Waals surface area contributed by atoms with Crippen molar-refractivity contribution in [3.63, 3.8) is 0 Å². The smallest absolute Gasteiger partial charge is 0.252 e. The molecule has 31 heavy (non-hydrogen) atoms. The van der Waals surface area contributed by atoms with Crippen molar-refractivity contribution in [1.29, 1.82) is 0 Å². The number of carbonyl (C=O) groups is 1. The van der Waals surface area contributed by atoms with E-state index < -0.39 is 11.6 Å². The molecule has 2 heterocycles. The van der Waals surface area contributed by atoms with Crippen molar-refractivity contribution >= 4 is 17.7 Å². The highest BCUT2D eigenvalue weighted by Crippen LogP contribution is 2.34. The van der Waals surface area contributed by atoms with Gasteiger partial charge in [0.1, 0.15) is 0 Å². The van der Waals surface area contributed by atoms with Crippen LogP contribution in [0.15, 0.2) is 84.0 Å². The molecule has 5 nitrogen and oxygen atoms in total. The van der Waals surface area contributed by atoms with Crippen LogP contribution in [0, 0.1) is 0 Å². The zero-order valence-electron chi connectivity index (χ0n) is 17.6. The van der Waals surface area contributed by atoms with Crippen LogP contribution in [0.5, 0.6) is 0 Å². The number of β-amino-alcohol motifs (C(OH)–C–C–N with tert-alkyl or cyclic N) is 1. The third-order valence-corrected chi connectivity index (χ3v) is 6.70. The van der Waals surface area contributed by atoms with Gasteiger partial charge in [0.15, 0.2) is 0 Å². The van der Waals surface area contributed by atoms with E-state index >= 15 is 0 Å². The van der Waals surface area contributed by atoms with E-state index in [1.54, 1.807) is 24.2 Å². The fraction of sp³-hybridized carbons (Fsp3) is 0.280. The minimum Gasteiger partial charge on any atom is -0.389 e. The SMILES string of the molecule is CSc1ccc(C(=O)N[C@@]2(c3ccccc3)CCN(Cc3ccncc3)C[C@H]2O)cc1. The number of pyridine rings is 1. The van der Waals surface area contributed by atoms with Crippen LogP contribution in [-0.2, 0) is 12.1 Å². The van der Waals surface area contributed by atoms with Crippen LogP contribution in [0.4, 0.5) is 0 Å². The number of aliphatic hydroxyl groups excluding tert-OH is 1. The number of aliphatic hydroxyl groups is 1. The Morgan fingerprint density at radius 1 is 1.13 bits per heavy atom. The van der Waals surface area contributed by atoms with Crippen molar-refractivity contribution in [3.8, 4) is 0 Å². The van der Waals surface area contributed by atoms with Gasteiger partial charge in [0.25, 0.3) is 5.91 Å². The highest BCUT2D eigenvalue weighted by atomic mass is 32.2. The van der Waals surface area contributed by atoms with Crippen LogP contribution in [0.1, 0.15) is 27.9 Å². The zero-order chi connectivity index (χ0) is 21.7. The molecule has 0 radical (unpaired) electrons. The summed E-state index contributed by atoms with van der Waals surface area (Å²) in [5.74, 6) is -0.168. The van der Waals surface area contributed by atoms with Crippen molar-refractivity contribution in [2.45, 2.75) is 29.5 Å². The van der Waals surface area contributed by atoms with Crippen LogP contribution in [0.2, 0.25) is 0 Å². The lowest BCUT2D eigenvalue weighted by Crippen LogP contribution is -2.61. The maximum absolute atomic E-state index is 13.2. The van der Waals surface area contributed by atoms with Crippen molar-refractivity contribution in [2.75, 3.05) is 19.3 Å². The fourth-order valence-electron chi connectivity index (χ4n) is 4.19. The molecule has 2 atom stereocenters. The summed E-state index contributed by atoms with van der Waals surface area (Å²) in [6, 6.07) is 21.4. The number of nitrogens with one attached hydrogen (secondary N) is 1. The molecule has 1 aromatic heterocycles. The van der Waals surface area contributed by atoms with Crippen molar-refractivity contribution in [3.05, 3.63) is 95.8 Å². The molecule has 1 fully saturated rings. The molecule has 2 aromatic carbocycles. The lowest BCUT2D eigenvalue weighted by molar-refractivity contribution is -0.0181. The zero-order valence-corrected chi connectivity index (χ0v) is 18.4. The summed E-state index contributed by atoms with van der Waals surface area (Å²) in [6.45, 7) is 1.98. The summed E-state index contributed by atoms with van der Waals surface area (Å²) >= 11 is 1.64. The molecule has 0 unspecified atom stereocenters. The van der Waals surface area contributed by atoms with E-state index in [0.29, 0.717) is 18.5 Å². The van der Waals surface area contributed by atoms with Gasteiger partial charge in [-0.25, -0.2) is 0 Å². The van der Waals surface area contributed by atoms with Gasteiger partial charge in [-0.2, -0.15) is 0 Å². The van der Waals surface area contributed by atoms with Crippen molar-refractivity contribution in [2.24, 2.45) is 0 Å². The summed E-state index contributed by atoms with van der Waals surface area (Å²) in [6.07, 6.45) is 5.46. The van der Waals surface area contributed by atoms with Crippen LogP contribution in [0.3, 0.4) is 0 Å². The molecule has 1 saturated heterocycles. The second kappa shape index (κ2) is 9.64. The number of thioether (sulfide) groups is 1. The van der Waals surface area contributed by atoms with Gasteiger partial charge in [-0.1, -0.05) is 30.3 Å². The predicted molar refractivity (Wildman–Crippen MR) is 124 cm³/mol. The summed E-state index contributed by atoms with van der Waals surface area (Å²) in [5.41, 5.74) is 1.86. The number of benzene rings is 2. The Balaban J connectivity index is 1.56. The maximum atomic E-state index is 13.2. The molecule has 4 rings (SSSR count). The first-order chi connectivity index (χ1) is 15.1. The van der Waals surface area contributed by atoms with Gasteiger partial charge in [-0.3, -0.25) is 14.7 Å². The number of hydrogen-bond donors (Lipinski definition) is 2. The first-order valence-electron chi connectivity index (χ1n) is 10.4. The summed E-state index contributed by atoms with van der Waals surface area (Å²) in [5, 5.41) is 14.5. The Kier molecular flexibility index (Phi) is 6.70. The molecule has 2 N–H and O–H groups in total. The highest BCUT2D eigenvalue weighted by molar-refractivity contribution is 7.98. The average molecular weight is 434 g/mol. The summed E-state index contributed by atoms with van der Waals surface area (Å²) < 4.78 is 0. The average Bonchev–Trinajstić information content (AvgIpc) is 2.82. The molecular formula is C25H27N3O2S. The molecular weight excluding hydrogens is 406 g/mol. The van der Waals surface area contributed by atoms with Crippen LogP contribution in [-0.4, -0.2) is 46.3 Å². The van der Waals surface area contributed by atoms with E-state index in [0.717, 1.165) is 29.1 Å². The second-order valence-electron chi connectivity index (χ2n) is 7.88. The molecule has 1 aliphatic rings. The molecule has 1 aliphatic heterocycles. The number of aromatic nitrogens is 1. The lowest BCUT2D eigenvalue weighted by atomic mass is 9.78. The van der Waals surface area contributed by atoms with E-state index in [-0.39, 0.29) is 5.91 Å². The van der Waals surface area contributed by atoms with Gasteiger partial charge in [-0.15, -0.1) is 11.8 Å². The molecule has 6 heteroatoms. The highest BCUT2D eigenvalue weighted by Gasteiger charge is 2.45. The Morgan fingerprint density at radius 2 is 1.84 bits per heavy atom. The molecule has 0 aliphatic carbocycles. The largest absolute Gasteiger partial charge is 0.389 e. The first-order valence-corrected chi connectivity index (χ1v) is 11.6. The summed E-state index contributed by atoms with van der Waals surface area (Å²) in [7, 11) is 0. The minimum atomic E-state index is -0.828. The van der Waals surface area contributed by atoms with Gasteiger partial charge < -0.3 is 10.4 Å². The molecule has 1 amide bonds. The normalized spacial score (nSPS) is 21.5. The second-order valence-corrected chi connectivity index (χ2v) is 8.76. The molecule has 0 saturated carbocycles. The van der Waals surface area contributed by atoms with E-state index in [9.17, 15) is 9.90 Å². The van der Waals surface area contributed by atoms with E-state index in [1.165, 1.54) is 0 Å². The van der Waals surface area contributed by atoms with Crippen LogP contribution < -0.4 is 5.32 Å². The number of rotatable bonds is 6. The Labute approximate surface area is 187 Å². The van der Waals surface area contributed by atoms with Crippen molar-refractivity contribution in [1.82, 2.24) is 15.2 Å². The standard InChI is InChI=1S/C25H27N3O2S/c1-31-22-9-7-20(8-10-22)24(30)27-25(21-5-3-2-4-6-21)13-16-28(18-23(25)29)17-19-11-14-26-15-12-19/h2-12,14-15,23,29H,13,16-18H2,1H3,(H,27,30)/t23-,25-/m1/s1. The van der Waals surface area contributed by atoms with E-state index in [1.807, 2.05) is 73.0 Å². The van der Waals surface area contributed by atoms with Gasteiger partial charge in [0.05, 0.1) is 11.6 Å². The Hall–Kier alpha value is -2.67. The van der Waals surface area contributed by atoms with Crippen LogP contribution in [0.25, 0.3) is 0 Å². The number of amides is 1. The number of hydrogen-bond acceptors (Lipinski definition) is 5. The number of likely N-dealkylation sites (tertiary alicyclic amines) is 1. The third kappa shape index (κ3) is 4.82. The molecule has 0 spiro atoms. The molecule has 0 bridgehead atoms. The Bertz CT molecular complexity index is 998. The third-order valence-electron chi connectivity index (χ3n) is 5.96. The van der Waals surface area contributed by atoms with Gasteiger partial charge >= 0.3 is 0 Å². The van der Waals surface area contributed by atoms with Gasteiger partial charge in [0.2, 0.25) is 0 Å². The summed E-state index contributed by atoms with van der Waals surface area (Å²) in [4.78, 5) is 20.6. The molecule has 160 valence electrons. The lowest BCUT2D eigenvalue weighted by Gasteiger charge is -2.46. The predicted octanol–water partition coefficient (Wildman–Crippen LogP) is 3.70. The van der Waals surface area contributed by atoms with Crippen molar-refractivity contribution < 1.29 is 9.90 Å². The van der Waals surface area contributed by atoms with Gasteiger partial charge in [0, 0.05) is 42.5 Å². The topological polar surface area (TPSA) is 65.5 Å². The fourth-order valence-corrected chi connectivity index (χ4v) is 4.60. The van der Waals surface area contributed by atoms with E-state index in [2.05, 4.69) is 15.2 Å². The maximum Gasteiger partial charge on any atom is 0.252 e. The number of piperidine rings is 1. The number of nitrogens with zero attached hydrogens (tertiary/aromatic N) is 2. The van der Waals surface area contributed by atoms with Gasteiger partial charge in [-0.05, 0) is 60.2 Å². The number of carbonyl (C=O) groups excluding carboxylic acids is 1. The minimum absolute atomic E-state index is 0.168. The quantitative estimate of drug-likeness (QED) is 0.581. The Morgan fingerprint density at radius 3 is 2.48 bits per heavy atom.